The molecule has 24 heavy (non-hydrogen) atoms. The van der Waals surface area contributed by atoms with E-state index in [0.717, 1.165) is 13.0 Å². The van der Waals surface area contributed by atoms with Gasteiger partial charge in [-0.3, -0.25) is 0 Å². The normalized spacial score (nSPS) is 10.5. The molecule has 0 spiro atoms. The number of nitrogens with one attached hydrogen (secondary N) is 2. The smallest absolute Gasteiger partial charge is 0.167 e. The fourth-order valence-electron chi connectivity index (χ4n) is 2.59. The van der Waals surface area contributed by atoms with Crippen LogP contribution in [0.4, 0.5) is 0 Å². The minimum atomic E-state index is 0.0501. The number of thiocarbonyl (C=S) groups is 1. The predicted molar refractivity (Wildman–Crippen MR) is 106 cm³/mol. The number of thiophene rings is 1. The summed E-state index contributed by atoms with van der Waals surface area (Å²) in [6.45, 7) is 0.836. The van der Waals surface area contributed by atoms with Gasteiger partial charge in [-0.15, -0.1) is 11.3 Å². The molecule has 0 amide bonds. The molecule has 0 aliphatic heterocycles. The van der Waals surface area contributed by atoms with Crippen LogP contribution in [0, 0.1) is 0 Å². The molecule has 0 aliphatic carbocycles. The minimum Gasteiger partial charge on any atom is -0.362 e. The Labute approximate surface area is 152 Å². The molecule has 2 N–H and O–H groups in total. The summed E-state index contributed by atoms with van der Waals surface area (Å²) in [7, 11) is 0. The summed E-state index contributed by atoms with van der Waals surface area (Å²) in [6, 6.07) is 25.1. The van der Waals surface area contributed by atoms with Crippen LogP contribution in [0.3, 0.4) is 0 Å². The first-order valence-corrected chi connectivity index (χ1v) is 9.28. The Kier molecular flexibility index (Phi) is 5.99. The molecule has 3 aromatic rings. The van der Waals surface area contributed by atoms with E-state index >= 15 is 0 Å². The zero-order valence-corrected chi connectivity index (χ0v) is 14.9. The van der Waals surface area contributed by atoms with Gasteiger partial charge in [0.1, 0.15) is 0 Å². The van der Waals surface area contributed by atoms with Gasteiger partial charge in [0.2, 0.25) is 0 Å². The lowest BCUT2D eigenvalue weighted by Crippen LogP contribution is -2.39. The lowest BCUT2D eigenvalue weighted by Gasteiger charge is -2.22. The monoisotopic (exact) mass is 352 g/mol. The van der Waals surface area contributed by atoms with Gasteiger partial charge in [-0.2, -0.15) is 0 Å². The van der Waals surface area contributed by atoms with E-state index in [2.05, 4.69) is 76.7 Å². The van der Waals surface area contributed by atoms with Crippen LogP contribution in [0.2, 0.25) is 0 Å². The Hall–Kier alpha value is -2.17. The quantitative estimate of drug-likeness (QED) is 0.637. The minimum absolute atomic E-state index is 0.0501. The molecule has 1 aromatic heterocycles. The van der Waals surface area contributed by atoms with Crippen LogP contribution in [0.5, 0.6) is 0 Å². The molecule has 122 valence electrons. The van der Waals surface area contributed by atoms with Crippen LogP contribution in [-0.2, 0) is 6.42 Å². The van der Waals surface area contributed by atoms with Gasteiger partial charge < -0.3 is 10.6 Å². The van der Waals surface area contributed by atoms with Crippen LogP contribution >= 0.6 is 23.6 Å². The van der Waals surface area contributed by atoms with E-state index in [0.29, 0.717) is 5.11 Å². The van der Waals surface area contributed by atoms with E-state index in [1.54, 1.807) is 11.3 Å². The van der Waals surface area contributed by atoms with Crippen molar-refractivity contribution < 1.29 is 0 Å². The molecule has 0 aliphatic rings. The van der Waals surface area contributed by atoms with Gasteiger partial charge in [0.15, 0.2) is 5.11 Å². The number of hydrogen-bond donors (Lipinski definition) is 2. The van der Waals surface area contributed by atoms with Gasteiger partial charge >= 0.3 is 0 Å². The fraction of sp³-hybridized carbons (Fsp3) is 0.150. The van der Waals surface area contributed by atoms with Crippen LogP contribution in [0.25, 0.3) is 0 Å². The Morgan fingerprint density at radius 2 is 1.50 bits per heavy atom. The van der Waals surface area contributed by atoms with E-state index in [4.69, 9.17) is 12.2 Å². The zero-order valence-electron chi connectivity index (χ0n) is 13.3. The highest BCUT2D eigenvalue weighted by Gasteiger charge is 2.14. The summed E-state index contributed by atoms with van der Waals surface area (Å²) >= 11 is 7.28. The van der Waals surface area contributed by atoms with E-state index in [9.17, 15) is 0 Å². The molecule has 2 aromatic carbocycles. The number of benzene rings is 2. The maximum absolute atomic E-state index is 5.51. The third-order valence-corrected chi connectivity index (χ3v) is 4.98. The highest BCUT2D eigenvalue weighted by molar-refractivity contribution is 7.80. The lowest BCUT2D eigenvalue weighted by atomic mass is 9.99. The molecule has 0 atom stereocenters. The van der Waals surface area contributed by atoms with Crippen molar-refractivity contribution in [2.24, 2.45) is 0 Å². The SMILES string of the molecule is S=C(NCCc1cccs1)NC(c1ccccc1)c1ccccc1. The van der Waals surface area contributed by atoms with Crippen molar-refractivity contribution >= 4 is 28.7 Å². The van der Waals surface area contributed by atoms with Crippen LogP contribution in [-0.4, -0.2) is 11.7 Å². The molecule has 0 saturated carbocycles. The van der Waals surface area contributed by atoms with Gasteiger partial charge in [0.05, 0.1) is 6.04 Å². The average molecular weight is 353 g/mol. The summed E-state index contributed by atoms with van der Waals surface area (Å²) in [6.07, 6.45) is 0.987. The standard InChI is InChI=1S/C20H20N2S2/c23-20(21-14-13-18-12-7-15-24-18)22-19(16-8-3-1-4-9-16)17-10-5-2-6-11-17/h1-12,15,19H,13-14H2,(H2,21,22,23). The molecule has 0 radical (unpaired) electrons. The predicted octanol–water partition coefficient (Wildman–Crippen LogP) is 4.54. The summed E-state index contributed by atoms with van der Waals surface area (Å²) in [5.41, 5.74) is 2.40. The number of rotatable bonds is 6. The zero-order chi connectivity index (χ0) is 16.6. The van der Waals surface area contributed by atoms with Crippen molar-refractivity contribution in [1.29, 1.82) is 0 Å². The Morgan fingerprint density at radius 3 is 2.04 bits per heavy atom. The third kappa shape index (κ3) is 4.66. The Morgan fingerprint density at radius 1 is 0.875 bits per heavy atom. The highest BCUT2D eigenvalue weighted by atomic mass is 32.1. The first-order valence-electron chi connectivity index (χ1n) is 7.99. The lowest BCUT2D eigenvalue weighted by molar-refractivity contribution is 0.734. The second kappa shape index (κ2) is 8.62. The van der Waals surface area contributed by atoms with Gasteiger partial charge in [-0.05, 0) is 41.2 Å². The van der Waals surface area contributed by atoms with Gasteiger partial charge in [0.25, 0.3) is 0 Å². The topological polar surface area (TPSA) is 24.1 Å². The first-order chi connectivity index (χ1) is 11.8. The van der Waals surface area contributed by atoms with Crippen molar-refractivity contribution in [3.63, 3.8) is 0 Å². The van der Waals surface area contributed by atoms with Crippen molar-refractivity contribution in [2.75, 3.05) is 6.54 Å². The van der Waals surface area contributed by atoms with E-state index in [1.807, 2.05) is 12.1 Å². The molecule has 0 unspecified atom stereocenters. The van der Waals surface area contributed by atoms with Crippen molar-refractivity contribution in [3.8, 4) is 0 Å². The second-order valence-corrected chi connectivity index (χ2v) is 6.92. The van der Waals surface area contributed by atoms with Crippen molar-refractivity contribution in [2.45, 2.75) is 12.5 Å². The molecule has 4 heteroatoms. The molecule has 0 fully saturated rings. The largest absolute Gasteiger partial charge is 0.362 e. The van der Waals surface area contributed by atoms with Gasteiger partial charge in [-0.25, -0.2) is 0 Å². The molecule has 1 heterocycles. The first kappa shape index (κ1) is 16.7. The van der Waals surface area contributed by atoms with Crippen LogP contribution < -0.4 is 10.6 Å². The molecule has 3 rings (SSSR count). The molecule has 0 bridgehead atoms. The van der Waals surface area contributed by atoms with E-state index in [1.165, 1.54) is 16.0 Å². The highest BCUT2D eigenvalue weighted by Crippen LogP contribution is 2.21. The molecular formula is C20H20N2S2. The van der Waals surface area contributed by atoms with Crippen molar-refractivity contribution in [3.05, 3.63) is 94.2 Å². The fourth-order valence-corrected chi connectivity index (χ4v) is 3.52. The molecule has 2 nitrogen and oxygen atoms in total. The Bertz CT molecular complexity index is 700. The molecular weight excluding hydrogens is 332 g/mol. The second-order valence-electron chi connectivity index (χ2n) is 5.48. The summed E-state index contributed by atoms with van der Waals surface area (Å²) in [4.78, 5) is 1.37. The maximum Gasteiger partial charge on any atom is 0.167 e. The number of hydrogen-bond acceptors (Lipinski definition) is 2. The third-order valence-electron chi connectivity index (χ3n) is 3.78. The van der Waals surface area contributed by atoms with Crippen LogP contribution in [0.15, 0.2) is 78.2 Å². The summed E-state index contributed by atoms with van der Waals surface area (Å²) in [5.74, 6) is 0. The average Bonchev–Trinajstić information content (AvgIpc) is 3.15. The summed E-state index contributed by atoms with van der Waals surface area (Å²) < 4.78 is 0. The van der Waals surface area contributed by atoms with Crippen molar-refractivity contribution in [1.82, 2.24) is 10.6 Å². The summed E-state index contributed by atoms with van der Waals surface area (Å²) in [5, 5.41) is 9.56. The van der Waals surface area contributed by atoms with Crippen LogP contribution in [0.1, 0.15) is 22.0 Å². The maximum atomic E-state index is 5.51. The Balaban J connectivity index is 1.64. The van der Waals surface area contributed by atoms with Gasteiger partial charge in [-0.1, -0.05) is 66.7 Å². The van der Waals surface area contributed by atoms with Gasteiger partial charge in [0, 0.05) is 11.4 Å². The molecule has 0 saturated heterocycles. The van der Waals surface area contributed by atoms with E-state index < -0.39 is 0 Å². The van der Waals surface area contributed by atoms with E-state index in [-0.39, 0.29) is 6.04 Å².